The summed E-state index contributed by atoms with van der Waals surface area (Å²) >= 11 is 0. The summed E-state index contributed by atoms with van der Waals surface area (Å²) in [4.78, 5) is 3.96. The van der Waals surface area contributed by atoms with Gasteiger partial charge in [0.1, 0.15) is 5.82 Å². The van der Waals surface area contributed by atoms with Gasteiger partial charge in [0.15, 0.2) is 0 Å². The van der Waals surface area contributed by atoms with Crippen LogP contribution in [0.5, 0.6) is 0 Å². The van der Waals surface area contributed by atoms with Gasteiger partial charge >= 0.3 is 0 Å². The highest BCUT2D eigenvalue weighted by molar-refractivity contribution is 7.95. The average Bonchev–Trinajstić information content (AvgIpc) is 2.27. The lowest BCUT2D eigenvalue weighted by Gasteiger charge is -2.19. The maximum absolute atomic E-state index is 11.6. The van der Waals surface area contributed by atoms with Crippen molar-refractivity contribution in [2.24, 2.45) is 0 Å². The SMILES string of the molecule is C=CCN(c1ccccn1)S(=O)(=O)C=C. The molecule has 0 spiro atoms. The second-order valence-electron chi connectivity index (χ2n) is 2.72. The van der Waals surface area contributed by atoms with Crippen molar-refractivity contribution in [1.29, 1.82) is 0 Å². The zero-order valence-electron chi connectivity index (χ0n) is 8.20. The Hall–Kier alpha value is -1.62. The first-order chi connectivity index (χ1) is 7.11. The van der Waals surface area contributed by atoms with Gasteiger partial charge in [0.2, 0.25) is 0 Å². The van der Waals surface area contributed by atoms with Crippen molar-refractivity contribution in [3.8, 4) is 0 Å². The fraction of sp³-hybridized carbons (Fsp3) is 0.100. The summed E-state index contributed by atoms with van der Waals surface area (Å²) in [6, 6.07) is 5.05. The van der Waals surface area contributed by atoms with Crippen molar-refractivity contribution in [2.45, 2.75) is 0 Å². The van der Waals surface area contributed by atoms with Crippen LogP contribution < -0.4 is 4.31 Å². The van der Waals surface area contributed by atoms with Crippen molar-refractivity contribution in [3.05, 3.63) is 49.0 Å². The fourth-order valence-electron chi connectivity index (χ4n) is 1.04. The van der Waals surface area contributed by atoms with Gasteiger partial charge in [-0.05, 0) is 12.1 Å². The summed E-state index contributed by atoms with van der Waals surface area (Å²) in [5, 5.41) is 0.894. The highest BCUT2D eigenvalue weighted by atomic mass is 32.2. The van der Waals surface area contributed by atoms with Crippen LogP contribution in [0.4, 0.5) is 5.82 Å². The van der Waals surface area contributed by atoms with Crippen molar-refractivity contribution in [1.82, 2.24) is 4.98 Å². The van der Waals surface area contributed by atoms with Crippen LogP contribution >= 0.6 is 0 Å². The Kier molecular flexibility index (Phi) is 3.62. The quantitative estimate of drug-likeness (QED) is 0.713. The minimum atomic E-state index is -3.51. The summed E-state index contributed by atoms with van der Waals surface area (Å²) in [5.41, 5.74) is 0. The molecule has 0 aliphatic heterocycles. The van der Waals surface area contributed by atoms with E-state index in [9.17, 15) is 8.42 Å². The standard InChI is InChI=1S/C10H12N2O2S/c1-3-9-12(15(13,14)4-2)10-7-5-6-8-11-10/h3-8H,1-2,9H2. The first kappa shape index (κ1) is 11.5. The average molecular weight is 224 g/mol. The molecule has 1 rings (SSSR count). The molecule has 0 fully saturated rings. The Labute approximate surface area is 89.6 Å². The van der Waals surface area contributed by atoms with Crippen LogP contribution in [-0.4, -0.2) is 19.9 Å². The Morgan fingerprint density at radius 2 is 2.13 bits per heavy atom. The van der Waals surface area contributed by atoms with Crippen molar-refractivity contribution in [2.75, 3.05) is 10.8 Å². The highest BCUT2D eigenvalue weighted by Gasteiger charge is 2.18. The summed E-state index contributed by atoms with van der Waals surface area (Å²) in [6.07, 6.45) is 3.03. The van der Waals surface area contributed by atoms with E-state index in [2.05, 4.69) is 18.1 Å². The number of sulfonamides is 1. The summed E-state index contributed by atoms with van der Waals surface area (Å²) < 4.78 is 24.4. The van der Waals surface area contributed by atoms with Crippen LogP contribution in [0.15, 0.2) is 49.0 Å². The topological polar surface area (TPSA) is 50.3 Å². The zero-order valence-corrected chi connectivity index (χ0v) is 9.02. The molecule has 1 aromatic heterocycles. The number of rotatable bonds is 5. The first-order valence-corrected chi connectivity index (χ1v) is 5.79. The van der Waals surface area contributed by atoms with Gasteiger partial charge in [-0.1, -0.05) is 18.7 Å². The predicted molar refractivity (Wildman–Crippen MR) is 60.9 cm³/mol. The maximum Gasteiger partial charge on any atom is 0.258 e. The highest BCUT2D eigenvalue weighted by Crippen LogP contribution is 2.14. The maximum atomic E-state index is 11.6. The molecular weight excluding hydrogens is 212 g/mol. The van der Waals surface area contributed by atoms with Crippen molar-refractivity contribution in [3.63, 3.8) is 0 Å². The fourth-order valence-corrected chi connectivity index (χ4v) is 1.90. The summed E-state index contributed by atoms with van der Waals surface area (Å²) in [6.45, 7) is 6.95. The molecule has 0 saturated carbocycles. The molecule has 0 unspecified atom stereocenters. The van der Waals surface area contributed by atoms with Crippen molar-refractivity contribution < 1.29 is 8.42 Å². The lowest BCUT2D eigenvalue weighted by molar-refractivity contribution is 0.601. The van der Waals surface area contributed by atoms with E-state index >= 15 is 0 Å². The third-order valence-electron chi connectivity index (χ3n) is 1.72. The molecular formula is C10H12N2O2S. The second kappa shape index (κ2) is 4.75. The molecule has 0 bridgehead atoms. The molecule has 0 atom stereocenters. The van der Waals surface area contributed by atoms with E-state index < -0.39 is 10.0 Å². The van der Waals surface area contributed by atoms with Crippen LogP contribution in [-0.2, 0) is 10.0 Å². The lowest BCUT2D eigenvalue weighted by atomic mass is 10.4. The van der Waals surface area contributed by atoms with Gasteiger partial charge < -0.3 is 0 Å². The zero-order chi connectivity index (χ0) is 11.3. The number of nitrogens with zero attached hydrogens (tertiary/aromatic N) is 2. The van der Waals surface area contributed by atoms with E-state index in [0.717, 1.165) is 9.71 Å². The molecule has 5 heteroatoms. The third kappa shape index (κ3) is 2.66. The van der Waals surface area contributed by atoms with E-state index in [0.29, 0.717) is 5.82 Å². The Morgan fingerprint density at radius 3 is 2.60 bits per heavy atom. The number of hydrogen-bond acceptors (Lipinski definition) is 3. The summed E-state index contributed by atoms with van der Waals surface area (Å²) in [7, 11) is -3.51. The molecule has 0 amide bonds. The molecule has 0 N–H and O–H groups in total. The van der Waals surface area contributed by atoms with Gasteiger partial charge in [0.25, 0.3) is 10.0 Å². The van der Waals surface area contributed by atoms with E-state index in [1.165, 1.54) is 12.3 Å². The number of anilines is 1. The van der Waals surface area contributed by atoms with E-state index in [-0.39, 0.29) is 6.54 Å². The largest absolute Gasteiger partial charge is 0.258 e. The Balaban J connectivity index is 3.15. The molecule has 15 heavy (non-hydrogen) atoms. The van der Waals surface area contributed by atoms with Gasteiger partial charge in [0.05, 0.1) is 6.54 Å². The van der Waals surface area contributed by atoms with Crippen LogP contribution in [0.1, 0.15) is 0 Å². The smallest absolute Gasteiger partial charge is 0.246 e. The van der Waals surface area contributed by atoms with Crippen molar-refractivity contribution >= 4 is 15.8 Å². The summed E-state index contributed by atoms with van der Waals surface area (Å²) in [5.74, 6) is 0.359. The Bertz CT molecular complexity index is 440. The van der Waals surface area contributed by atoms with Gasteiger partial charge in [-0.2, -0.15) is 0 Å². The van der Waals surface area contributed by atoms with Gasteiger partial charge in [-0.15, -0.1) is 6.58 Å². The normalized spacial score (nSPS) is 10.7. The predicted octanol–water partition coefficient (Wildman–Crippen LogP) is 1.55. The van der Waals surface area contributed by atoms with Crippen LogP contribution in [0.25, 0.3) is 0 Å². The molecule has 0 aromatic carbocycles. The number of hydrogen-bond donors (Lipinski definition) is 0. The van der Waals surface area contributed by atoms with Gasteiger partial charge in [0, 0.05) is 11.6 Å². The monoisotopic (exact) mass is 224 g/mol. The van der Waals surface area contributed by atoms with Gasteiger partial charge in [-0.25, -0.2) is 17.7 Å². The molecule has 0 radical (unpaired) electrons. The molecule has 4 nitrogen and oxygen atoms in total. The molecule has 0 aliphatic rings. The van der Waals surface area contributed by atoms with Crippen LogP contribution in [0.3, 0.4) is 0 Å². The lowest BCUT2D eigenvalue weighted by Crippen LogP contribution is -2.29. The third-order valence-corrected chi connectivity index (χ3v) is 3.09. The molecule has 0 saturated heterocycles. The van der Waals surface area contributed by atoms with E-state index in [1.807, 2.05) is 0 Å². The van der Waals surface area contributed by atoms with Crippen LogP contribution in [0.2, 0.25) is 0 Å². The van der Waals surface area contributed by atoms with Gasteiger partial charge in [-0.3, -0.25) is 0 Å². The van der Waals surface area contributed by atoms with E-state index in [4.69, 9.17) is 0 Å². The molecule has 80 valence electrons. The minimum absolute atomic E-state index is 0.172. The molecule has 0 aliphatic carbocycles. The second-order valence-corrected chi connectivity index (χ2v) is 4.52. The molecule has 1 heterocycles. The Morgan fingerprint density at radius 1 is 1.40 bits per heavy atom. The minimum Gasteiger partial charge on any atom is -0.246 e. The number of pyridine rings is 1. The van der Waals surface area contributed by atoms with E-state index in [1.54, 1.807) is 18.2 Å². The first-order valence-electron chi connectivity index (χ1n) is 4.29. The molecule has 1 aromatic rings. The van der Waals surface area contributed by atoms with Crippen LogP contribution in [0, 0.1) is 0 Å². The number of aromatic nitrogens is 1.